The number of benzene rings is 2. The second kappa shape index (κ2) is 10.8. The lowest BCUT2D eigenvalue weighted by atomic mass is 10.0. The molecule has 0 fully saturated rings. The van der Waals surface area contributed by atoms with Crippen molar-refractivity contribution < 1.29 is 36.9 Å². The molecule has 0 radical (unpaired) electrons. The lowest BCUT2D eigenvalue weighted by Crippen LogP contribution is -2.30. The van der Waals surface area contributed by atoms with Crippen LogP contribution in [0.2, 0.25) is 0 Å². The molecule has 4 N–H and O–H groups in total. The number of nitrogens with zero attached hydrogens (tertiary/aromatic N) is 1. The van der Waals surface area contributed by atoms with Gasteiger partial charge in [0.25, 0.3) is 0 Å². The van der Waals surface area contributed by atoms with Crippen LogP contribution < -0.4 is 20.7 Å². The summed E-state index contributed by atoms with van der Waals surface area (Å²) in [5.74, 6) is -1.12. The molecule has 37 heavy (non-hydrogen) atoms. The number of halogens is 4. The minimum atomic E-state index is -4.83. The monoisotopic (exact) mass is 520 g/mol. The Labute approximate surface area is 210 Å². The van der Waals surface area contributed by atoms with E-state index in [1.807, 2.05) is 0 Å². The number of nitrogens with one attached hydrogen (secondary N) is 3. The minimum Gasteiger partial charge on any atom is -0.493 e. The molecule has 8 nitrogen and oxygen atoms in total. The average molecular weight is 520 g/mol. The Morgan fingerprint density at radius 2 is 1.92 bits per heavy atom. The number of aliphatic hydroxyl groups excluding tert-OH is 1. The van der Waals surface area contributed by atoms with Crippen LogP contribution in [-0.2, 0) is 10.9 Å². The van der Waals surface area contributed by atoms with Crippen molar-refractivity contribution >= 4 is 23.0 Å². The molecule has 2 amide bonds. The first kappa shape index (κ1) is 27.3. The van der Waals surface area contributed by atoms with Crippen molar-refractivity contribution in [2.75, 3.05) is 17.2 Å². The molecule has 3 rings (SSSR count). The number of carbonyl (C=O) groups excluding carboxylic acids is 1. The first-order chi connectivity index (χ1) is 17.3. The van der Waals surface area contributed by atoms with Gasteiger partial charge in [-0.15, -0.1) is 0 Å². The molecular weight excluding hydrogens is 496 g/mol. The fraction of sp³-hybridized carbons (Fsp3) is 0.280. The number of hydrogen-bond donors (Lipinski definition) is 4. The smallest absolute Gasteiger partial charge is 0.420 e. The quantitative estimate of drug-likeness (QED) is 0.366. The fourth-order valence-corrected chi connectivity index (χ4v) is 3.28. The molecular formula is C25H24F4N4O4. The maximum atomic E-state index is 14.7. The Kier molecular flexibility index (Phi) is 7.98. The Balaban J connectivity index is 1.75. The van der Waals surface area contributed by atoms with Crippen molar-refractivity contribution in [1.82, 2.24) is 5.32 Å². The summed E-state index contributed by atoms with van der Waals surface area (Å²) in [6.07, 6.45) is -2.84. The van der Waals surface area contributed by atoms with Gasteiger partial charge < -0.3 is 30.5 Å². The molecule has 1 aliphatic heterocycles. The third-order valence-corrected chi connectivity index (χ3v) is 5.00. The van der Waals surface area contributed by atoms with Crippen LogP contribution in [0.3, 0.4) is 0 Å². The van der Waals surface area contributed by atoms with Gasteiger partial charge in [-0.2, -0.15) is 18.4 Å². The number of amides is 2. The number of aliphatic hydroxyl groups is 1. The number of urea groups is 1. The van der Waals surface area contributed by atoms with E-state index < -0.39 is 41.2 Å². The average Bonchev–Trinajstić information content (AvgIpc) is 2.82. The van der Waals surface area contributed by atoms with E-state index in [1.54, 1.807) is 19.1 Å². The molecule has 1 heterocycles. The van der Waals surface area contributed by atoms with E-state index in [9.17, 15) is 27.5 Å². The summed E-state index contributed by atoms with van der Waals surface area (Å²) >= 11 is 0. The van der Waals surface area contributed by atoms with Gasteiger partial charge in [0.05, 0.1) is 17.9 Å². The van der Waals surface area contributed by atoms with E-state index in [2.05, 4.69) is 16.0 Å². The summed E-state index contributed by atoms with van der Waals surface area (Å²) < 4.78 is 65.9. The van der Waals surface area contributed by atoms with E-state index in [0.29, 0.717) is 23.8 Å². The van der Waals surface area contributed by atoms with Crippen molar-refractivity contribution in [3.8, 4) is 11.8 Å². The number of alkyl halides is 3. The molecule has 2 aromatic carbocycles. The maximum absolute atomic E-state index is 14.7. The van der Waals surface area contributed by atoms with Gasteiger partial charge in [-0.1, -0.05) is 6.07 Å². The number of allylic oxidation sites excluding steroid dienone is 2. The number of dihydropyridines is 1. The molecule has 12 heteroatoms. The van der Waals surface area contributed by atoms with Crippen LogP contribution in [-0.4, -0.2) is 29.6 Å². The predicted octanol–water partition coefficient (Wildman–Crippen LogP) is 5.35. The SMILES string of the molecule is CCOC1=CC(c2ccc(NC(=O)Nc3ccc(OC(C)(C)C#N)c(C(F)(F)F)c3)c(F)c2)=CNC1O. The zero-order chi connectivity index (χ0) is 27.4. The van der Waals surface area contributed by atoms with Crippen LogP contribution in [0.15, 0.2) is 54.4 Å². The van der Waals surface area contributed by atoms with Crippen LogP contribution in [0.1, 0.15) is 31.9 Å². The van der Waals surface area contributed by atoms with Crippen LogP contribution in [0.4, 0.5) is 33.7 Å². The number of hydrogen-bond acceptors (Lipinski definition) is 6. The normalized spacial score (nSPS) is 15.5. The van der Waals surface area contributed by atoms with Crippen LogP contribution in [0.5, 0.6) is 5.75 Å². The second-order valence-electron chi connectivity index (χ2n) is 8.36. The second-order valence-corrected chi connectivity index (χ2v) is 8.36. The lowest BCUT2D eigenvalue weighted by Gasteiger charge is -2.22. The fourth-order valence-electron chi connectivity index (χ4n) is 3.28. The number of rotatable bonds is 7. The van der Waals surface area contributed by atoms with Gasteiger partial charge in [-0.3, -0.25) is 0 Å². The van der Waals surface area contributed by atoms with E-state index in [4.69, 9.17) is 14.7 Å². The van der Waals surface area contributed by atoms with Gasteiger partial charge >= 0.3 is 12.2 Å². The highest BCUT2D eigenvalue weighted by molar-refractivity contribution is 6.00. The summed E-state index contributed by atoms with van der Waals surface area (Å²) in [7, 11) is 0. The summed E-state index contributed by atoms with van der Waals surface area (Å²) in [6.45, 7) is 4.69. The lowest BCUT2D eigenvalue weighted by molar-refractivity contribution is -0.139. The first-order valence-electron chi connectivity index (χ1n) is 11.0. The Bertz CT molecular complexity index is 1280. The molecule has 1 aliphatic rings. The summed E-state index contributed by atoms with van der Waals surface area (Å²) in [6, 6.07) is 7.51. The van der Waals surface area contributed by atoms with Gasteiger partial charge in [0, 0.05) is 17.5 Å². The van der Waals surface area contributed by atoms with E-state index >= 15 is 0 Å². The Hall–Kier alpha value is -4.24. The Morgan fingerprint density at radius 1 is 1.19 bits per heavy atom. The largest absolute Gasteiger partial charge is 0.493 e. The van der Waals surface area contributed by atoms with Gasteiger partial charge in [0.15, 0.2) is 11.8 Å². The molecule has 1 unspecified atom stereocenters. The number of carbonyl (C=O) groups is 1. The summed E-state index contributed by atoms with van der Waals surface area (Å²) in [4.78, 5) is 12.4. The molecule has 0 aliphatic carbocycles. The highest BCUT2D eigenvalue weighted by Gasteiger charge is 2.36. The Morgan fingerprint density at radius 3 is 2.54 bits per heavy atom. The molecule has 0 saturated heterocycles. The summed E-state index contributed by atoms with van der Waals surface area (Å²) in [5.41, 5.74) is -2.21. The molecule has 0 bridgehead atoms. The van der Waals surface area contributed by atoms with Crippen LogP contribution >= 0.6 is 0 Å². The first-order valence-corrected chi connectivity index (χ1v) is 11.0. The predicted molar refractivity (Wildman–Crippen MR) is 128 cm³/mol. The topological polar surface area (TPSA) is 116 Å². The third-order valence-electron chi connectivity index (χ3n) is 5.00. The molecule has 196 valence electrons. The van der Waals surface area contributed by atoms with Crippen molar-refractivity contribution in [1.29, 1.82) is 5.26 Å². The maximum Gasteiger partial charge on any atom is 0.420 e. The third kappa shape index (κ3) is 6.92. The van der Waals surface area contributed by atoms with Crippen molar-refractivity contribution in [3.05, 3.63) is 71.4 Å². The van der Waals surface area contributed by atoms with Crippen LogP contribution in [0, 0.1) is 17.1 Å². The number of anilines is 2. The highest BCUT2D eigenvalue weighted by atomic mass is 19.4. The zero-order valence-electron chi connectivity index (χ0n) is 20.0. The molecule has 2 aromatic rings. The van der Waals surface area contributed by atoms with Crippen LogP contribution in [0.25, 0.3) is 5.57 Å². The van der Waals surface area contributed by atoms with E-state index in [-0.39, 0.29) is 17.1 Å². The van der Waals surface area contributed by atoms with E-state index in [1.165, 1.54) is 32.2 Å². The zero-order valence-corrected chi connectivity index (χ0v) is 20.0. The molecule has 1 atom stereocenters. The number of ether oxygens (including phenoxy) is 2. The highest BCUT2D eigenvalue weighted by Crippen LogP contribution is 2.39. The van der Waals surface area contributed by atoms with Gasteiger partial charge in [0.1, 0.15) is 23.4 Å². The van der Waals surface area contributed by atoms with Gasteiger partial charge in [-0.05, 0) is 62.7 Å². The summed E-state index contributed by atoms with van der Waals surface area (Å²) in [5, 5.41) is 26.1. The minimum absolute atomic E-state index is 0.216. The molecule has 0 aromatic heterocycles. The van der Waals surface area contributed by atoms with Gasteiger partial charge in [0.2, 0.25) is 0 Å². The van der Waals surface area contributed by atoms with Crippen molar-refractivity contribution in [3.63, 3.8) is 0 Å². The van der Waals surface area contributed by atoms with E-state index in [0.717, 1.165) is 18.2 Å². The standard InChI is InChI=1S/C25H24F4N4O4/c1-4-36-21-10-15(12-31-22(21)34)14-5-7-19(18(26)9-14)33-23(35)32-16-6-8-20(37-24(2,3)13-30)17(11-16)25(27,28)29/h5-12,22,31,34H,4H2,1-3H3,(H2,32,33,35). The molecule has 0 saturated carbocycles. The van der Waals surface area contributed by atoms with Crippen molar-refractivity contribution in [2.24, 2.45) is 0 Å². The number of nitriles is 1. The van der Waals surface area contributed by atoms with Gasteiger partial charge in [-0.25, -0.2) is 9.18 Å². The van der Waals surface area contributed by atoms with Crippen molar-refractivity contribution in [2.45, 2.75) is 38.8 Å². The molecule has 0 spiro atoms.